The molecule has 4 aliphatic rings. The molecular formula is C66H70B2N2O2. The fourth-order valence-corrected chi connectivity index (χ4v) is 12.8. The molecule has 0 radical (unpaired) electrons. The average Bonchev–Trinajstić information content (AvgIpc) is 3.79. The molecule has 0 amide bonds. The van der Waals surface area contributed by atoms with Gasteiger partial charge in [-0.2, -0.15) is 0 Å². The van der Waals surface area contributed by atoms with Gasteiger partial charge in [0.15, 0.2) is 0 Å². The highest BCUT2D eigenvalue weighted by atomic mass is 16.5. The maximum atomic E-state index is 7.82. The van der Waals surface area contributed by atoms with E-state index in [0.29, 0.717) is 0 Å². The lowest BCUT2D eigenvalue weighted by Crippen LogP contribution is -2.63. The fraction of sp³-hybridized carbons (Fsp3) is 0.364. The Bertz CT molecular complexity index is 3670. The van der Waals surface area contributed by atoms with Crippen molar-refractivity contribution in [3.8, 4) is 34.4 Å². The molecule has 72 heavy (non-hydrogen) atoms. The molecule has 6 heteroatoms. The van der Waals surface area contributed by atoms with Gasteiger partial charge in [0.05, 0.1) is 22.4 Å². The summed E-state index contributed by atoms with van der Waals surface area (Å²) in [6, 6.07) is 38.7. The third-order valence-corrected chi connectivity index (χ3v) is 17.1. The van der Waals surface area contributed by atoms with E-state index in [1.807, 2.05) is 0 Å². The standard InChI is InChI=1S/C66H70B2N2O2/c1-61(2,3)35-19-23-49-41(27-35)43-29-39(65(13,14)15)33-47-55(43)69(49)57-53-60(72-51-25-21-37(63(7,8)9)31-45(51)67(47)53)58-54-59(57)71-52-26-22-38(64(10,11)12)32-46(52)68(54)48-34-40(66(16,17)18)30-44-42-28-36(62(4,5)6)20-24-50(42)70(58)56(44)48/h19-34H,1-18H3. The van der Waals surface area contributed by atoms with Crippen LogP contribution in [0.15, 0.2) is 97.1 Å². The van der Waals surface area contributed by atoms with Crippen molar-refractivity contribution in [2.45, 2.75) is 157 Å². The molecule has 0 bridgehead atoms. The number of nitrogens with zero attached hydrogens (tertiary/aromatic N) is 2. The Hall–Kier alpha value is -6.13. The largest absolute Gasteiger partial charge is 0.456 e. The van der Waals surface area contributed by atoms with E-state index in [4.69, 9.17) is 9.47 Å². The summed E-state index contributed by atoms with van der Waals surface area (Å²) in [7, 11) is 0. The van der Waals surface area contributed by atoms with Gasteiger partial charge in [-0.1, -0.05) is 173 Å². The van der Waals surface area contributed by atoms with Crippen molar-refractivity contribution in [2.24, 2.45) is 0 Å². The molecule has 6 heterocycles. The van der Waals surface area contributed by atoms with E-state index in [9.17, 15) is 0 Å². The minimum atomic E-state index is -0.132. The maximum Gasteiger partial charge on any atom is 0.256 e. The highest BCUT2D eigenvalue weighted by molar-refractivity contribution is 7.02. The maximum absolute atomic E-state index is 7.82. The monoisotopic (exact) mass is 945 g/mol. The van der Waals surface area contributed by atoms with Crippen molar-refractivity contribution in [3.05, 3.63) is 130 Å². The second-order valence-corrected chi connectivity index (χ2v) is 28.3. The van der Waals surface area contributed by atoms with E-state index < -0.39 is 0 Å². The van der Waals surface area contributed by atoms with Gasteiger partial charge in [0.25, 0.3) is 13.4 Å². The summed E-state index contributed by atoms with van der Waals surface area (Å²) in [5, 5.41) is 5.15. The number of hydrogen-bond donors (Lipinski definition) is 0. The summed E-state index contributed by atoms with van der Waals surface area (Å²) >= 11 is 0. The molecule has 2 aromatic heterocycles. The third-order valence-electron chi connectivity index (χ3n) is 17.1. The van der Waals surface area contributed by atoms with Gasteiger partial charge >= 0.3 is 0 Å². The van der Waals surface area contributed by atoms with E-state index in [2.05, 4.69) is 231 Å². The first kappa shape index (κ1) is 45.7. The van der Waals surface area contributed by atoms with E-state index in [1.54, 1.807) is 0 Å². The smallest absolute Gasteiger partial charge is 0.256 e. The van der Waals surface area contributed by atoms with Crippen molar-refractivity contribution < 1.29 is 9.47 Å². The third kappa shape index (κ3) is 6.19. The molecule has 0 atom stereocenters. The van der Waals surface area contributed by atoms with E-state index in [1.165, 1.54) is 110 Å². The fourth-order valence-electron chi connectivity index (χ4n) is 12.8. The van der Waals surface area contributed by atoms with Gasteiger partial charge in [0.1, 0.15) is 23.0 Å². The zero-order chi connectivity index (χ0) is 51.0. The molecule has 0 fully saturated rings. The van der Waals surface area contributed by atoms with Gasteiger partial charge in [-0.05, 0) is 136 Å². The summed E-state index contributed by atoms with van der Waals surface area (Å²) in [5.74, 6) is 3.73. The van der Waals surface area contributed by atoms with Crippen LogP contribution in [-0.2, 0) is 32.5 Å². The number of fused-ring (bicyclic) bond motifs is 16. The molecule has 0 spiro atoms. The molecule has 9 aromatic rings. The zero-order valence-corrected chi connectivity index (χ0v) is 46.1. The summed E-state index contributed by atoms with van der Waals surface area (Å²) in [4.78, 5) is 0. The number of ether oxygens (including phenoxy) is 2. The van der Waals surface area contributed by atoms with E-state index in [-0.39, 0.29) is 45.9 Å². The Morgan fingerprint density at radius 2 is 0.611 bits per heavy atom. The molecule has 0 saturated carbocycles. The Morgan fingerprint density at radius 3 is 0.944 bits per heavy atom. The van der Waals surface area contributed by atoms with Crippen LogP contribution in [0.5, 0.6) is 23.0 Å². The van der Waals surface area contributed by atoms with Crippen molar-refractivity contribution in [2.75, 3.05) is 0 Å². The SMILES string of the molecule is CC(C)(C)c1ccc2c(c1)B1c3c(c4c5c(c3-n3c6ccc(C(C)(C)C)cc6c6cc(C(C)(C)C)cc1c63)Oc1ccc(C(C)(C)C)cc1B5c1cc(C(C)(C)C)cc3c5cc(C(C)(C)C)ccc5n-4c13)O2. The lowest BCUT2D eigenvalue weighted by molar-refractivity contribution is 0.471. The molecule has 4 aliphatic heterocycles. The Balaban J connectivity index is 1.28. The van der Waals surface area contributed by atoms with Crippen molar-refractivity contribution in [3.63, 3.8) is 0 Å². The van der Waals surface area contributed by atoms with Crippen LogP contribution in [0.4, 0.5) is 0 Å². The van der Waals surface area contributed by atoms with Crippen LogP contribution in [0.3, 0.4) is 0 Å². The topological polar surface area (TPSA) is 28.3 Å². The van der Waals surface area contributed by atoms with Crippen molar-refractivity contribution >= 4 is 89.8 Å². The van der Waals surface area contributed by atoms with Gasteiger partial charge < -0.3 is 18.6 Å². The van der Waals surface area contributed by atoms with Crippen LogP contribution in [-0.4, -0.2) is 22.6 Å². The van der Waals surface area contributed by atoms with Crippen LogP contribution < -0.4 is 42.3 Å². The van der Waals surface area contributed by atoms with Gasteiger partial charge in [-0.15, -0.1) is 0 Å². The zero-order valence-electron chi connectivity index (χ0n) is 46.1. The molecule has 13 rings (SSSR count). The summed E-state index contributed by atoms with van der Waals surface area (Å²) in [6.45, 7) is 41.9. The van der Waals surface area contributed by atoms with Crippen LogP contribution in [0, 0.1) is 0 Å². The molecule has 362 valence electrons. The average molecular weight is 945 g/mol. The van der Waals surface area contributed by atoms with Crippen molar-refractivity contribution in [1.29, 1.82) is 0 Å². The second kappa shape index (κ2) is 13.9. The number of hydrogen-bond acceptors (Lipinski definition) is 2. The van der Waals surface area contributed by atoms with Crippen LogP contribution in [0.1, 0.15) is 158 Å². The summed E-state index contributed by atoms with van der Waals surface area (Å²) in [5.41, 5.74) is 22.1. The number of benzene rings is 7. The Morgan fingerprint density at radius 1 is 0.319 bits per heavy atom. The Labute approximate surface area is 428 Å². The summed E-state index contributed by atoms with van der Waals surface area (Å²) < 4.78 is 20.9. The first-order valence-electron chi connectivity index (χ1n) is 26.7. The normalized spacial score (nSPS) is 15.0. The number of rotatable bonds is 0. The first-order chi connectivity index (χ1) is 33.5. The molecular weight excluding hydrogens is 874 g/mol. The number of aromatic nitrogens is 2. The van der Waals surface area contributed by atoms with Gasteiger partial charge in [0.2, 0.25) is 0 Å². The van der Waals surface area contributed by atoms with E-state index in [0.717, 1.165) is 34.4 Å². The second-order valence-electron chi connectivity index (χ2n) is 28.3. The van der Waals surface area contributed by atoms with Gasteiger partial charge in [-0.25, -0.2) is 0 Å². The van der Waals surface area contributed by atoms with Gasteiger partial charge in [-0.3, -0.25) is 0 Å². The highest BCUT2D eigenvalue weighted by Crippen LogP contribution is 2.50. The predicted molar refractivity (Wildman–Crippen MR) is 310 cm³/mol. The van der Waals surface area contributed by atoms with Crippen molar-refractivity contribution in [1.82, 2.24) is 9.13 Å². The van der Waals surface area contributed by atoms with E-state index >= 15 is 0 Å². The predicted octanol–water partition coefficient (Wildman–Crippen LogP) is 13.5. The molecule has 0 N–H and O–H groups in total. The minimum Gasteiger partial charge on any atom is -0.456 e. The lowest BCUT2D eigenvalue weighted by atomic mass is 9.31. The molecule has 0 saturated heterocycles. The van der Waals surface area contributed by atoms with Crippen LogP contribution >= 0.6 is 0 Å². The molecule has 4 nitrogen and oxygen atoms in total. The minimum absolute atomic E-state index is 0.0330. The molecule has 0 aliphatic carbocycles. The van der Waals surface area contributed by atoms with Crippen LogP contribution in [0.2, 0.25) is 0 Å². The molecule has 0 unspecified atom stereocenters. The van der Waals surface area contributed by atoms with Crippen LogP contribution in [0.25, 0.3) is 55.0 Å². The molecule has 7 aromatic carbocycles. The first-order valence-corrected chi connectivity index (χ1v) is 26.7. The van der Waals surface area contributed by atoms with Gasteiger partial charge in [0, 0.05) is 43.5 Å². The highest BCUT2D eigenvalue weighted by Gasteiger charge is 2.51. The Kier molecular flexibility index (Phi) is 8.84. The summed E-state index contributed by atoms with van der Waals surface area (Å²) in [6.07, 6.45) is 0. The quantitative estimate of drug-likeness (QED) is 0.142. The lowest BCUT2D eigenvalue weighted by Gasteiger charge is -2.42.